The maximum absolute atomic E-state index is 11.0. The largest absolute Gasteiger partial charge is 0.379 e. The number of likely N-dealkylation sites (tertiary alicyclic amines) is 1. The molecule has 2 saturated heterocycles. The summed E-state index contributed by atoms with van der Waals surface area (Å²) < 4.78 is 5.51. The van der Waals surface area contributed by atoms with E-state index < -0.39 is 0 Å². The van der Waals surface area contributed by atoms with Crippen molar-refractivity contribution in [2.24, 2.45) is 10.7 Å². The van der Waals surface area contributed by atoms with E-state index in [4.69, 9.17) is 10.5 Å². The average Bonchev–Trinajstić information content (AvgIpc) is 2.59. The molecule has 2 aliphatic rings. The van der Waals surface area contributed by atoms with Gasteiger partial charge in [0.2, 0.25) is 5.91 Å². The first-order chi connectivity index (χ1) is 12.0. The van der Waals surface area contributed by atoms with Crippen LogP contribution in [0.5, 0.6) is 0 Å². The molecule has 8 heteroatoms. The Labute approximate surface area is 151 Å². The van der Waals surface area contributed by atoms with E-state index in [1.165, 1.54) is 0 Å². The predicted molar refractivity (Wildman–Crippen MR) is 99.6 cm³/mol. The molecule has 0 aromatic carbocycles. The summed E-state index contributed by atoms with van der Waals surface area (Å²) in [6.07, 6.45) is 1.98. The quantitative estimate of drug-likeness (QED) is 0.427. The SMILES string of the molecule is CN=C(NCC(C)N1CCOCC1C)NC1CCN(CC(N)=O)CC1. The van der Waals surface area contributed by atoms with Crippen LogP contribution in [0.2, 0.25) is 0 Å². The number of morpholine rings is 1. The zero-order chi connectivity index (χ0) is 18.2. The Balaban J connectivity index is 1.71. The molecule has 2 rings (SSSR count). The summed E-state index contributed by atoms with van der Waals surface area (Å²) in [7, 11) is 1.81. The van der Waals surface area contributed by atoms with Crippen LogP contribution in [0.15, 0.2) is 4.99 Å². The van der Waals surface area contributed by atoms with Crippen molar-refractivity contribution in [1.29, 1.82) is 0 Å². The van der Waals surface area contributed by atoms with E-state index in [1.807, 2.05) is 0 Å². The maximum atomic E-state index is 11.0. The molecule has 2 fully saturated rings. The summed E-state index contributed by atoms with van der Waals surface area (Å²) in [5, 5.41) is 6.95. The molecule has 0 radical (unpaired) electrons. The third kappa shape index (κ3) is 6.45. The second-order valence-electron chi connectivity index (χ2n) is 7.12. The Morgan fingerprint density at radius 3 is 2.68 bits per heavy atom. The van der Waals surface area contributed by atoms with Crippen LogP contribution in [0.4, 0.5) is 0 Å². The number of guanidine groups is 1. The van der Waals surface area contributed by atoms with E-state index >= 15 is 0 Å². The zero-order valence-electron chi connectivity index (χ0n) is 15.8. The van der Waals surface area contributed by atoms with Gasteiger partial charge in [0.15, 0.2) is 5.96 Å². The Hall–Kier alpha value is -1.38. The monoisotopic (exact) mass is 354 g/mol. The van der Waals surface area contributed by atoms with Crippen LogP contribution >= 0.6 is 0 Å². The van der Waals surface area contributed by atoms with Crippen molar-refractivity contribution in [3.63, 3.8) is 0 Å². The van der Waals surface area contributed by atoms with Gasteiger partial charge in [-0.3, -0.25) is 19.6 Å². The van der Waals surface area contributed by atoms with Crippen molar-refractivity contribution in [2.45, 2.75) is 44.8 Å². The number of nitrogens with one attached hydrogen (secondary N) is 2. The highest BCUT2D eigenvalue weighted by molar-refractivity contribution is 5.80. The first-order valence-corrected chi connectivity index (χ1v) is 9.31. The Morgan fingerprint density at radius 2 is 2.08 bits per heavy atom. The number of primary amides is 1. The fraction of sp³-hybridized carbons (Fsp3) is 0.882. The molecular formula is C17H34N6O2. The zero-order valence-corrected chi connectivity index (χ0v) is 15.8. The number of amides is 1. The van der Waals surface area contributed by atoms with Crippen LogP contribution in [-0.4, -0.2) is 92.8 Å². The molecule has 144 valence electrons. The summed E-state index contributed by atoms with van der Waals surface area (Å²) in [6.45, 7) is 10.0. The number of nitrogens with two attached hydrogens (primary N) is 1. The number of carbonyl (C=O) groups excluding carboxylic acids is 1. The Morgan fingerprint density at radius 1 is 1.36 bits per heavy atom. The van der Waals surface area contributed by atoms with Crippen molar-refractivity contribution in [3.8, 4) is 0 Å². The van der Waals surface area contributed by atoms with Crippen LogP contribution in [0, 0.1) is 0 Å². The minimum absolute atomic E-state index is 0.254. The lowest BCUT2D eigenvalue weighted by molar-refractivity contribution is -0.119. The average molecular weight is 354 g/mol. The van der Waals surface area contributed by atoms with Gasteiger partial charge in [-0.05, 0) is 26.7 Å². The van der Waals surface area contributed by atoms with Crippen molar-refractivity contribution >= 4 is 11.9 Å². The summed E-state index contributed by atoms with van der Waals surface area (Å²) in [5.41, 5.74) is 5.26. The van der Waals surface area contributed by atoms with Gasteiger partial charge in [0.25, 0.3) is 0 Å². The minimum Gasteiger partial charge on any atom is -0.379 e. The van der Waals surface area contributed by atoms with E-state index in [0.29, 0.717) is 24.7 Å². The molecule has 0 aromatic rings. The molecule has 0 aromatic heterocycles. The van der Waals surface area contributed by atoms with Crippen LogP contribution in [0.1, 0.15) is 26.7 Å². The van der Waals surface area contributed by atoms with E-state index in [2.05, 4.69) is 39.3 Å². The van der Waals surface area contributed by atoms with Crippen LogP contribution < -0.4 is 16.4 Å². The molecule has 4 N–H and O–H groups in total. The lowest BCUT2D eigenvalue weighted by Crippen LogP contribution is -2.54. The summed E-state index contributed by atoms with van der Waals surface area (Å²) >= 11 is 0. The first-order valence-electron chi connectivity index (χ1n) is 9.31. The molecule has 2 heterocycles. The number of ether oxygens (including phenoxy) is 1. The normalized spacial score (nSPS) is 25.6. The molecule has 2 aliphatic heterocycles. The first kappa shape index (κ1) is 19.9. The second kappa shape index (κ2) is 9.94. The number of rotatable bonds is 6. The molecule has 25 heavy (non-hydrogen) atoms. The van der Waals surface area contributed by atoms with Gasteiger partial charge in [0.1, 0.15) is 0 Å². The van der Waals surface area contributed by atoms with Crippen molar-refractivity contribution in [3.05, 3.63) is 0 Å². The van der Waals surface area contributed by atoms with Gasteiger partial charge < -0.3 is 21.1 Å². The molecule has 2 atom stereocenters. The highest BCUT2D eigenvalue weighted by Crippen LogP contribution is 2.11. The molecule has 1 amide bonds. The number of carbonyl (C=O) groups is 1. The van der Waals surface area contributed by atoms with Gasteiger partial charge in [-0.25, -0.2) is 0 Å². The van der Waals surface area contributed by atoms with Crippen LogP contribution in [-0.2, 0) is 9.53 Å². The number of piperidine rings is 1. The maximum Gasteiger partial charge on any atom is 0.231 e. The van der Waals surface area contributed by atoms with Crippen LogP contribution in [0.3, 0.4) is 0 Å². The minimum atomic E-state index is -0.254. The van der Waals surface area contributed by atoms with Gasteiger partial charge in [-0.2, -0.15) is 0 Å². The molecule has 0 aliphatic carbocycles. The van der Waals surface area contributed by atoms with E-state index in [9.17, 15) is 4.79 Å². The summed E-state index contributed by atoms with van der Waals surface area (Å²) in [5.74, 6) is 0.594. The fourth-order valence-electron chi connectivity index (χ4n) is 3.60. The summed E-state index contributed by atoms with van der Waals surface area (Å²) in [4.78, 5) is 19.9. The van der Waals surface area contributed by atoms with Gasteiger partial charge in [-0.1, -0.05) is 0 Å². The van der Waals surface area contributed by atoms with Crippen molar-refractivity contribution < 1.29 is 9.53 Å². The van der Waals surface area contributed by atoms with E-state index in [0.717, 1.165) is 58.2 Å². The smallest absolute Gasteiger partial charge is 0.231 e. The number of nitrogens with zero attached hydrogens (tertiary/aromatic N) is 3. The van der Waals surface area contributed by atoms with Crippen molar-refractivity contribution in [1.82, 2.24) is 20.4 Å². The molecule has 2 unspecified atom stereocenters. The lowest BCUT2D eigenvalue weighted by atomic mass is 10.1. The lowest BCUT2D eigenvalue weighted by Gasteiger charge is -2.38. The van der Waals surface area contributed by atoms with Gasteiger partial charge in [0, 0.05) is 51.4 Å². The van der Waals surface area contributed by atoms with Gasteiger partial charge in [0.05, 0.1) is 19.8 Å². The third-order valence-corrected chi connectivity index (χ3v) is 5.08. The molecule has 8 nitrogen and oxygen atoms in total. The summed E-state index contributed by atoms with van der Waals surface area (Å²) in [6, 6.07) is 1.26. The second-order valence-corrected chi connectivity index (χ2v) is 7.12. The Kier molecular flexibility index (Phi) is 7.92. The molecule has 0 spiro atoms. The van der Waals surface area contributed by atoms with Gasteiger partial charge >= 0.3 is 0 Å². The topological polar surface area (TPSA) is 95.2 Å². The van der Waals surface area contributed by atoms with Gasteiger partial charge in [-0.15, -0.1) is 0 Å². The van der Waals surface area contributed by atoms with Crippen LogP contribution in [0.25, 0.3) is 0 Å². The third-order valence-electron chi connectivity index (χ3n) is 5.08. The molecular weight excluding hydrogens is 320 g/mol. The molecule has 0 saturated carbocycles. The number of hydrogen-bond donors (Lipinski definition) is 3. The Bertz CT molecular complexity index is 450. The highest BCUT2D eigenvalue weighted by atomic mass is 16.5. The molecule has 0 bridgehead atoms. The predicted octanol–water partition coefficient (Wildman–Crippen LogP) is -0.790. The van der Waals surface area contributed by atoms with E-state index in [1.54, 1.807) is 7.05 Å². The highest BCUT2D eigenvalue weighted by Gasteiger charge is 2.24. The van der Waals surface area contributed by atoms with E-state index in [-0.39, 0.29) is 5.91 Å². The fourth-order valence-corrected chi connectivity index (χ4v) is 3.60. The number of aliphatic imine (C=N–C) groups is 1. The standard InChI is InChI=1S/C17H34N6O2/c1-13(23-8-9-25-12-14(23)2)10-20-17(19-3)21-15-4-6-22(7-5-15)11-16(18)24/h13-15H,4-12H2,1-3H3,(H2,18,24)(H2,19,20,21). The van der Waals surface area contributed by atoms with Crippen molar-refractivity contribution in [2.75, 3.05) is 53.0 Å². The number of hydrogen-bond acceptors (Lipinski definition) is 5.